The predicted octanol–water partition coefficient (Wildman–Crippen LogP) is 5.69. The van der Waals surface area contributed by atoms with Gasteiger partial charge in [0, 0.05) is 15.1 Å². The molecule has 0 bridgehead atoms. The number of halogens is 3. The lowest BCUT2D eigenvalue weighted by atomic mass is 10.1. The maximum absolute atomic E-state index is 12.9. The van der Waals surface area contributed by atoms with Gasteiger partial charge in [-0.2, -0.15) is 0 Å². The van der Waals surface area contributed by atoms with Gasteiger partial charge in [-0.25, -0.2) is 14.4 Å². The highest BCUT2D eigenvalue weighted by molar-refractivity contribution is 8.00. The van der Waals surface area contributed by atoms with Crippen LogP contribution < -0.4 is 0 Å². The molecule has 0 spiro atoms. The third-order valence-corrected chi connectivity index (χ3v) is 7.45. The highest BCUT2D eigenvalue weighted by Crippen LogP contribution is 2.38. The van der Waals surface area contributed by atoms with Gasteiger partial charge in [-0.3, -0.25) is 0 Å². The standard InChI is InChI=1S/C26H19Cl3O7S/c27-17-7-1-14(2-8-17)23(30)34-13-20-21(35-24(31)15-3-9-18(28)10-4-15)22(26(33)37-20)36-25(32)16-5-11-19(29)12-6-16/h1-12,20-22,26,33H,13H2/t20-,21-,22+,26?/m0/s1. The summed E-state index contributed by atoms with van der Waals surface area (Å²) in [7, 11) is 0. The Balaban J connectivity index is 1.52. The molecule has 1 aliphatic rings. The number of carbonyl (C=O) groups excluding carboxylic acids is 3. The molecule has 11 heteroatoms. The summed E-state index contributed by atoms with van der Waals surface area (Å²) in [5, 5.41) is 11.3. The molecule has 1 saturated heterocycles. The van der Waals surface area contributed by atoms with Crippen LogP contribution in [0.1, 0.15) is 31.1 Å². The van der Waals surface area contributed by atoms with Crippen molar-refractivity contribution in [2.75, 3.05) is 6.61 Å². The number of hydrogen-bond acceptors (Lipinski definition) is 8. The third-order valence-electron chi connectivity index (χ3n) is 5.39. The zero-order valence-corrected chi connectivity index (χ0v) is 22.0. The van der Waals surface area contributed by atoms with Crippen LogP contribution in [0, 0.1) is 0 Å². The fourth-order valence-corrected chi connectivity index (χ4v) is 5.11. The van der Waals surface area contributed by atoms with Crippen molar-refractivity contribution in [3.63, 3.8) is 0 Å². The van der Waals surface area contributed by atoms with E-state index < -0.39 is 40.8 Å². The zero-order chi connectivity index (χ0) is 26.5. The van der Waals surface area contributed by atoms with E-state index in [1.165, 1.54) is 60.7 Å². The number of hydrogen-bond donors (Lipinski definition) is 1. The number of rotatable bonds is 7. The minimum atomic E-state index is -1.25. The molecule has 0 aliphatic carbocycles. The number of esters is 3. The summed E-state index contributed by atoms with van der Waals surface area (Å²) in [6, 6.07) is 18.1. The second-order valence-electron chi connectivity index (χ2n) is 7.92. The summed E-state index contributed by atoms with van der Waals surface area (Å²) in [5.41, 5.74) is -0.579. The van der Waals surface area contributed by atoms with Gasteiger partial charge in [-0.1, -0.05) is 34.8 Å². The van der Waals surface area contributed by atoms with Crippen LogP contribution in [0.5, 0.6) is 0 Å². The van der Waals surface area contributed by atoms with Gasteiger partial charge in [-0.05, 0) is 72.8 Å². The summed E-state index contributed by atoms with van der Waals surface area (Å²) in [6.45, 7) is -0.225. The lowest BCUT2D eigenvalue weighted by Crippen LogP contribution is -2.41. The summed E-state index contributed by atoms with van der Waals surface area (Å²) in [5.74, 6) is -2.10. The van der Waals surface area contributed by atoms with Crippen LogP contribution >= 0.6 is 46.6 Å². The van der Waals surface area contributed by atoms with Crippen LogP contribution in [0.2, 0.25) is 15.1 Å². The Labute approximate surface area is 231 Å². The molecule has 7 nitrogen and oxygen atoms in total. The van der Waals surface area contributed by atoms with Crippen LogP contribution in [0.25, 0.3) is 0 Å². The van der Waals surface area contributed by atoms with E-state index in [-0.39, 0.29) is 23.3 Å². The molecular formula is C26H19Cl3O7S. The maximum Gasteiger partial charge on any atom is 0.338 e. The highest BCUT2D eigenvalue weighted by atomic mass is 35.5. The largest absolute Gasteiger partial charge is 0.461 e. The molecule has 1 heterocycles. The molecule has 1 fully saturated rings. The quantitative estimate of drug-likeness (QED) is 0.281. The monoisotopic (exact) mass is 580 g/mol. The molecule has 0 aromatic heterocycles. The number of benzene rings is 3. The SMILES string of the molecule is O=C(OC[C@@H]1SC(O)[C@H](OC(=O)c2ccc(Cl)cc2)[C@H]1OC(=O)c1ccc(Cl)cc1)c1ccc(Cl)cc1. The van der Waals surface area contributed by atoms with E-state index in [1.807, 2.05) is 0 Å². The van der Waals surface area contributed by atoms with Gasteiger partial charge in [0.15, 0.2) is 12.2 Å². The van der Waals surface area contributed by atoms with Crippen molar-refractivity contribution in [3.05, 3.63) is 105 Å². The van der Waals surface area contributed by atoms with Crippen molar-refractivity contribution in [2.24, 2.45) is 0 Å². The van der Waals surface area contributed by atoms with Gasteiger partial charge in [0.25, 0.3) is 0 Å². The zero-order valence-electron chi connectivity index (χ0n) is 18.9. The number of aliphatic hydroxyl groups is 1. The average Bonchev–Trinajstić information content (AvgIpc) is 3.17. The molecule has 1 aliphatic heterocycles. The van der Waals surface area contributed by atoms with Gasteiger partial charge in [0.2, 0.25) is 0 Å². The van der Waals surface area contributed by atoms with Gasteiger partial charge < -0.3 is 19.3 Å². The van der Waals surface area contributed by atoms with Crippen molar-refractivity contribution < 1.29 is 33.7 Å². The molecule has 0 radical (unpaired) electrons. The fourth-order valence-electron chi connectivity index (χ4n) is 3.49. The van der Waals surface area contributed by atoms with E-state index >= 15 is 0 Å². The van der Waals surface area contributed by atoms with Crippen molar-refractivity contribution in [1.82, 2.24) is 0 Å². The Hall–Kier alpha value is -2.75. The fraction of sp³-hybridized carbons (Fsp3) is 0.192. The number of ether oxygens (including phenoxy) is 3. The van der Waals surface area contributed by atoms with Crippen LogP contribution in [0.3, 0.4) is 0 Å². The molecule has 192 valence electrons. The third kappa shape index (κ3) is 6.97. The van der Waals surface area contributed by atoms with Crippen LogP contribution in [0.4, 0.5) is 0 Å². The molecule has 0 amide bonds. The topological polar surface area (TPSA) is 99.1 Å². The predicted molar refractivity (Wildman–Crippen MR) is 140 cm³/mol. The second kappa shape index (κ2) is 12.2. The first kappa shape index (κ1) is 27.3. The first-order chi connectivity index (χ1) is 17.7. The van der Waals surface area contributed by atoms with Crippen LogP contribution in [0.15, 0.2) is 72.8 Å². The Bertz CT molecular complexity index is 1270. The maximum atomic E-state index is 12.9. The molecule has 4 rings (SSSR count). The van der Waals surface area contributed by atoms with E-state index in [0.717, 1.165) is 11.8 Å². The number of aliphatic hydroxyl groups excluding tert-OH is 1. The molecular weight excluding hydrogens is 563 g/mol. The summed E-state index contributed by atoms with van der Waals surface area (Å²) >= 11 is 18.6. The summed E-state index contributed by atoms with van der Waals surface area (Å²) in [4.78, 5) is 38.1. The first-order valence-electron chi connectivity index (χ1n) is 10.9. The van der Waals surface area contributed by atoms with Gasteiger partial charge in [0.05, 0.1) is 21.9 Å². The molecule has 3 aromatic carbocycles. The highest BCUT2D eigenvalue weighted by Gasteiger charge is 2.49. The van der Waals surface area contributed by atoms with Crippen molar-refractivity contribution in [3.8, 4) is 0 Å². The summed E-state index contributed by atoms with van der Waals surface area (Å²) < 4.78 is 16.6. The van der Waals surface area contributed by atoms with E-state index in [1.54, 1.807) is 12.1 Å². The van der Waals surface area contributed by atoms with Gasteiger partial charge >= 0.3 is 17.9 Å². The van der Waals surface area contributed by atoms with Crippen molar-refractivity contribution in [1.29, 1.82) is 0 Å². The Morgan fingerprint density at radius 3 is 1.46 bits per heavy atom. The molecule has 1 unspecified atom stereocenters. The smallest absolute Gasteiger partial charge is 0.338 e. The van der Waals surface area contributed by atoms with Crippen molar-refractivity contribution in [2.45, 2.75) is 22.9 Å². The van der Waals surface area contributed by atoms with Crippen molar-refractivity contribution >= 4 is 64.5 Å². The van der Waals surface area contributed by atoms with Crippen LogP contribution in [-0.4, -0.2) is 52.5 Å². The van der Waals surface area contributed by atoms with E-state index in [4.69, 9.17) is 49.0 Å². The number of carbonyl (C=O) groups is 3. The lowest BCUT2D eigenvalue weighted by molar-refractivity contribution is -0.0557. The van der Waals surface area contributed by atoms with E-state index in [9.17, 15) is 19.5 Å². The normalized spacial score (nSPS) is 20.8. The minimum absolute atomic E-state index is 0.196. The van der Waals surface area contributed by atoms with Crippen LogP contribution in [-0.2, 0) is 14.2 Å². The molecule has 0 saturated carbocycles. The van der Waals surface area contributed by atoms with Gasteiger partial charge in [0.1, 0.15) is 12.0 Å². The van der Waals surface area contributed by atoms with E-state index in [0.29, 0.717) is 15.1 Å². The van der Waals surface area contributed by atoms with E-state index in [2.05, 4.69) is 0 Å². The Morgan fingerprint density at radius 2 is 1.03 bits per heavy atom. The number of thioether (sulfide) groups is 1. The van der Waals surface area contributed by atoms with Gasteiger partial charge in [-0.15, -0.1) is 11.8 Å². The summed E-state index contributed by atoms with van der Waals surface area (Å²) in [6.07, 6.45) is -2.36. The molecule has 1 N–H and O–H groups in total. The lowest BCUT2D eigenvalue weighted by Gasteiger charge is -2.24. The first-order valence-corrected chi connectivity index (χ1v) is 13.0. The second-order valence-corrected chi connectivity index (χ2v) is 10.6. The Morgan fingerprint density at radius 1 is 0.649 bits per heavy atom. The molecule has 3 aromatic rings. The average molecular weight is 582 g/mol. The minimum Gasteiger partial charge on any atom is -0.461 e. The molecule has 37 heavy (non-hydrogen) atoms. The Kier molecular flexibility index (Phi) is 9.00. The molecule has 4 atom stereocenters.